The van der Waals surface area contributed by atoms with Crippen molar-refractivity contribution in [3.05, 3.63) is 13.5 Å². The molecule has 0 aliphatic heterocycles. The zero-order chi connectivity index (χ0) is 5.70. The smallest absolute Gasteiger partial charge is 0.0802 e. The van der Waals surface area contributed by atoms with Crippen molar-refractivity contribution >= 4 is 0 Å². The van der Waals surface area contributed by atoms with Gasteiger partial charge in [-0.15, -0.1) is 0 Å². The van der Waals surface area contributed by atoms with Crippen LogP contribution in [0.2, 0.25) is 0 Å². The van der Waals surface area contributed by atoms with Crippen LogP contribution in [0.3, 0.4) is 0 Å². The average molecular weight is 102 g/mol. The number of aliphatic hydroxyl groups is 2. The predicted molar refractivity (Wildman–Crippen MR) is 26.8 cm³/mol. The van der Waals surface area contributed by atoms with E-state index in [1.165, 1.54) is 0 Å². The number of hydrogen-bond acceptors (Lipinski definition) is 2. The molecule has 0 aromatic heterocycles. The highest BCUT2D eigenvalue weighted by molar-refractivity contribution is 4.62. The van der Waals surface area contributed by atoms with E-state index in [1.54, 1.807) is 0 Å². The van der Waals surface area contributed by atoms with Crippen LogP contribution in [-0.2, 0) is 0 Å². The number of aliphatic hydroxyl groups excluding tert-OH is 2. The summed E-state index contributed by atoms with van der Waals surface area (Å²) in [4.78, 5) is 0. The molecule has 0 aliphatic rings. The van der Waals surface area contributed by atoms with E-state index in [4.69, 9.17) is 10.2 Å². The predicted octanol–water partition coefficient (Wildman–Crippen LogP) is 0.353. The molecule has 2 N–H and O–H groups in total. The molecule has 1 atom stereocenters. The Morgan fingerprint density at radius 2 is 2.29 bits per heavy atom. The monoisotopic (exact) mass is 102 g/mol. The van der Waals surface area contributed by atoms with Crippen LogP contribution < -0.4 is 0 Å². The van der Waals surface area contributed by atoms with Crippen LogP contribution in [0.5, 0.6) is 0 Å². The number of hydrogen-bond donors (Lipinski definition) is 2. The molecule has 2 radical (unpaired) electrons. The maximum Gasteiger partial charge on any atom is 0.0802 e. The fourth-order valence-corrected chi connectivity index (χ4v) is 0.224. The summed E-state index contributed by atoms with van der Waals surface area (Å²) in [5, 5.41) is 16.4. The Morgan fingerprint density at radius 1 is 1.71 bits per heavy atom. The van der Waals surface area contributed by atoms with Gasteiger partial charge in [0.1, 0.15) is 0 Å². The minimum atomic E-state index is -0.0509. The van der Waals surface area contributed by atoms with Crippen LogP contribution in [0.1, 0.15) is 6.42 Å². The number of rotatable bonds is 3. The zero-order valence-corrected chi connectivity index (χ0v) is 4.17. The fraction of sp³-hybridized carbons (Fsp3) is 0.600. The molecule has 2 heteroatoms. The van der Waals surface area contributed by atoms with Crippen molar-refractivity contribution in [1.29, 1.82) is 0 Å². The molecule has 0 amide bonds. The summed E-state index contributed by atoms with van der Waals surface area (Å²) < 4.78 is 0. The van der Waals surface area contributed by atoms with Gasteiger partial charge in [-0.25, -0.2) is 0 Å². The van der Waals surface area contributed by atoms with Gasteiger partial charge in [-0.1, -0.05) is 0 Å². The van der Waals surface area contributed by atoms with Crippen LogP contribution >= 0.6 is 0 Å². The molecular formula is C5H10O2. The van der Waals surface area contributed by atoms with E-state index in [1.807, 2.05) is 0 Å². The van der Waals surface area contributed by atoms with E-state index in [9.17, 15) is 0 Å². The standard InChI is InChI=1S/C5H10O2/c1-5(4-7)2-3-6/h3,5-7H,1-2,4H2. The van der Waals surface area contributed by atoms with Crippen molar-refractivity contribution in [2.75, 3.05) is 6.61 Å². The second kappa shape index (κ2) is 4.09. The highest BCUT2D eigenvalue weighted by Crippen LogP contribution is 1.98. The summed E-state index contributed by atoms with van der Waals surface area (Å²) in [6, 6.07) is 0. The molecule has 2 nitrogen and oxygen atoms in total. The Morgan fingerprint density at radius 3 is 2.43 bits per heavy atom. The van der Waals surface area contributed by atoms with E-state index in [0.29, 0.717) is 6.42 Å². The van der Waals surface area contributed by atoms with E-state index in [-0.39, 0.29) is 12.5 Å². The molecule has 42 valence electrons. The van der Waals surface area contributed by atoms with Crippen LogP contribution in [0, 0.1) is 19.4 Å². The molecular weight excluding hydrogens is 92.1 g/mol. The molecule has 0 aliphatic carbocycles. The van der Waals surface area contributed by atoms with E-state index >= 15 is 0 Å². The van der Waals surface area contributed by atoms with Crippen LogP contribution in [0.25, 0.3) is 0 Å². The maximum atomic E-state index is 8.27. The Kier molecular flexibility index (Phi) is 4.04. The van der Waals surface area contributed by atoms with Gasteiger partial charge in [0.25, 0.3) is 0 Å². The van der Waals surface area contributed by atoms with Gasteiger partial charge < -0.3 is 10.2 Å². The highest BCUT2D eigenvalue weighted by Gasteiger charge is 1.95. The summed E-state index contributed by atoms with van der Waals surface area (Å²) in [7, 11) is 0. The Balaban J connectivity index is 2.83. The quantitative estimate of drug-likeness (QED) is 0.540. The third-order valence-electron chi connectivity index (χ3n) is 0.697. The summed E-state index contributed by atoms with van der Waals surface area (Å²) in [6.45, 7) is 4.55. The molecule has 0 heterocycles. The molecule has 0 bridgehead atoms. The molecule has 0 fully saturated rings. The first-order valence-electron chi connectivity index (χ1n) is 2.21. The first-order chi connectivity index (χ1) is 3.31. The molecule has 0 saturated heterocycles. The molecule has 0 aromatic rings. The lowest BCUT2D eigenvalue weighted by atomic mass is 10.1. The summed E-state index contributed by atoms with van der Waals surface area (Å²) in [5.74, 6) is -0.0509. The minimum absolute atomic E-state index is 0.0388. The van der Waals surface area contributed by atoms with Crippen molar-refractivity contribution in [2.45, 2.75) is 6.42 Å². The largest absolute Gasteiger partial charge is 0.396 e. The molecule has 7 heavy (non-hydrogen) atoms. The van der Waals surface area contributed by atoms with Crippen LogP contribution in [-0.4, -0.2) is 16.8 Å². The van der Waals surface area contributed by atoms with E-state index in [2.05, 4.69) is 6.92 Å². The molecule has 0 spiro atoms. The van der Waals surface area contributed by atoms with Crippen molar-refractivity contribution in [1.82, 2.24) is 0 Å². The third-order valence-corrected chi connectivity index (χ3v) is 0.697. The lowest BCUT2D eigenvalue weighted by Crippen LogP contribution is -1.99. The first-order valence-corrected chi connectivity index (χ1v) is 2.21. The van der Waals surface area contributed by atoms with E-state index < -0.39 is 0 Å². The third kappa shape index (κ3) is 3.76. The molecule has 0 rings (SSSR count). The van der Waals surface area contributed by atoms with Crippen molar-refractivity contribution in [3.63, 3.8) is 0 Å². The molecule has 0 saturated carbocycles. The van der Waals surface area contributed by atoms with Crippen LogP contribution in [0.15, 0.2) is 0 Å². The van der Waals surface area contributed by atoms with Gasteiger partial charge in [-0.3, -0.25) is 0 Å². The second-order valence-corrected chi connectivity index (χ2v) is 1.47. The van der Waals surface area contributed by atoms with Crippen LogP contribution in [0.4, 0.5) is 0 Å². The second-order valence-electron chi connectivity index (χ2n) is 1.47. The van der Waals surface area contributed by atoms with Gasteiger partial charge in [0.05, 0.1) is 6.61 Å². The van der Waals surface area contributed by atoms with Crippen molar-refractivity contribution in [2.24, 2.45) is 5.92 Å². The average Bonchev–Trinajstić information content (AvgIpc) is 1.68. The van der Waals surface area contributed by atoms with Crippen molar-refractivity contribution < 1.29 is 10.2 Å². The summed E-state index contributed by atoms with van der Waals surface area (Å²) in [5.41, 5.74) is 0. The SMILES string of the molecule is [CH2]C(CO)C[CH]O. The first kappa shape index (κ1) is 6.92. The van der Waals surface area contributed by atoms with Gasteiger partial charge >= 0.3 is 0 Å². The zero-order valence-electron chi connectivity index (χ0n) is 4.17. The summed E-state index contributed by atoms with van der Waals surface area (Å²) >= 11 is 0. The highest BCUT2D eigenvalue weighted by atomic mass is 16.3. The van der Waals surface area contributed by atoms with E-state index in [0.717, 1.165) is 6.61 Å². The Hall–Kier alpha value is -0.0800. The van der Waals surface area contributed by atoms with Crippen molar-refractivity contribution in [3.8, 4) is 0 Å². The maximum absolute atomic E-state index is 8.27. The molecule has 0 aromatic carbocycles. The normalized spacial score (nSPS) is 14.1. The van der Waals surface area contributed by atoms with Gasteiger partial charge in [0, 0.05) is 6.61 Å². The lowest BCUT2D eigenvalue weighted by Gasteiger charge is -2.00. The van der Waals surface area contributed by atoms with Gasteiger partial charge in [0.2, 0.25) is 0 Å². The Bertz CT molecular complexity index is 37.1. The topological polar surface area (TPSA) is 40.5 Å². The molecule has 1 unspecified atom stereocenters. The minimum Gasteiger partial charge on any atom is -0.396 e. The Labute approximate surface area is 43.8 Å². The summed E-state index contributed by atoms with van der Waals surface area (Å²) in [6.07, 6.45) is 0.469. The lowest BCUT2D eigenvalue weighted by molar-refractivity contribution is 0.233. The van der Waals surface area contributed by atoms with Gasteiger partial charge in [-0.2, -0.15) is 0 Å². The van der Waals surface area contributed by atoms with Gasteiger partial charge in [0.15, 0.2) is 0 Å². The fourth-order valence-electron chi connectivity index (χ4n) is 0.224. The van der Waals surface area contributed by atoms with Gasteiger partial charge in [-0.05, 0) is 19.3 Å².